The van der Waals surface area contributed by atoms with E-state index in [1.54, 1.807) is 12.1 Å². The zero-order chi connectivity index (χ0) is 14.8. The average molecular weight is 285 g/mol. The van der Waals surface area contributed by atoms with Gasteiger partial charge >= 0.3 is 0 Å². The predicted octanol–water partition coefficient (Wildman–Crippen LogP) is 4.15. The first-order valence-electron chi connectivity index (χ1n) is 7.38. The van der Waals surface area contributed by atoms with Crippen LogP contribution in [-0.2, 0) is 0 Å². The molecule has 2 N–H and O–H groups in total. The molecule has 1 aliphatic carbocycles. The van der Waals surface area contributed by atoms with Gasteiger partial charge in [-0.2, -0.15) is 0 Å². The molecule has 110 valence electrons. The molecule has 0 aliphatic heterocycles. The monoisotopic (exact) mass is 285 g/mol. The van der Waals surface area contributed by atoms with Crippen LogP contribution < -0.4 is 10.5 Å². The van der Waals surface area contributed by atoms with Crippen molar-refractivity contribution in [2.75, 3.05) is 7.11 Å². The molecule has 1 atom stereocenters. The maximum Gasteiger partial charge on any atom is 0.165 e. The number of methoxy groups -OCH3 is 1. The lowest BCUT2D eigenvalue weighted by Crippen LogP contribution is -2.14. The summed E-state index contributed by atoms with van der Waals surface area (Å²) in [5.74, 6) is 0.551. The molecule has 1 aliphatic rings. The van der Waals surface area contributed by atoms with Gasteiger partial charge in [0, 0.05) is 0 Å². The van der Waals surface area contributed by atoms with Crippen molar-refractivity contribution < 1.29 is 9.13 Å². The summed E-state index contributed by atoms with van der Waals surface area (Å²) in [4.78, 5) is 0. The molecular weight excluding hydrogens is 265 g/mol. The van der Waals surface area contributed by atoms with E-state index < -0.39 is 0 Å². The molecule has 1 fully saturated rings. The highest BCUT2D eigenvalue weighted by Crippen LogP contribution is 2.37. The van der Waals surface area contributed by atoms with Gasteiger partial charge in [0.25, 0.3) is 0 Å². The van der Waals surface area contributed by atoms with Gasteiger partial charge in [-0.3, -0.25) is 0 Å². The van der Waals surface area contributed by atoms with E-state index in [2.05, 4.69) is 18.2 Å². The molecule has 2 nitrogen and oxygen atoms in total. The summed E-state index contributed by atoms with van der Waals surface area (Å²) in [6, 6.07) is 13.0. The lowest BCUT2D eigenvalue weighted by atomic mass is 9.79. The van der Waals surface area contributed by atoms with E-state index in [4.69, 9.17) is 10.5 Å². The highest BCUT2D eigenvalue weighted by Gasteiger charge is 2.20. The summed E-state index contributed by atoms with van der Waals surface area (Å²) >= 11 is 0. The molecular formula is C18H20FNO. The van der Waals surface area contributed by atoms with Gasteiger partial charge in [0.1, 0.15) is 0 Å². The minimum atomic E-state index is -0.364. The minimum absolute atomic E-state index is 0.234. The van der Waals surface area contributed by atoms with Crippen LogP contribution in [0.15, 0.2) is 42.5 Å². The Balaban J connectivity index is 1.89. The maximum atomic E-state index is 13.5. The Hall–Kier alpha value is -1.87. The lowest BCUT2D eigenvalue weighted by molar-refractivity contribution is 0.385. The minimum Gasteiger partial charge on any atom is -0.494 e. The SMILES string of the molecule is COc1cc(C(N)c2cccc(C3CCC3)c2)ccc1F. The number of hydrogen-bond acceptors (Lipinski definition) is 2. The summed E-state index contributed by atoms with van der Waals surface area (Å²) in [6.45, 7) is 0. The highest BCUT2D eigenvalue weighted by atomic mass is 19.1. The van der Waals surface area contributed by atoms with Crippen LogP contribution in [-0.4, -0.2) is 7.11 Å². The highest BCUT2D eigenvalue weighted by molar-refractivity contribution is 5.39. The predicted molar refractivity (Wildman–Crippen MR) is 82.0 cm³/mol. The van der Waals surface area contributed by atoms with E-state index >= 15 is 0 Å². The van der Waals surface area contributed by atoms with Crippen molar-refractivity contribution >= 4 is 0 Å². The summed E-state index contributed by atoms with van der Waals surface area (Å²) in [7, 11) is 1.46. The van der Waals surface area contributed by atoms with Crippen LogP contribution in [0.5, 0.6) is 5.75 Å². The third kappa shape index (κ3) is 2.79. The molecule has 3 rings (SSSR count). The molecule has 0 heterocycles. The summed E-state index contributed by atoms with van der Waals surface area (Å²) in [5, 5.41) is 0. The van der Waals surface area contributed by atoms with Crippen LogP contribution in [0.3, 0.4) is 0 Å². The van der Waals surface area contributed by atoms with Gasteiger partial charge in [-0.05, 0) is 47.6 Å². The zero-order valence-corrected chi connectivity index (χ0v) is 12.2. The van der Waals surface area contributed by atoms with Crippen molar-refractivity contribution in [1.82, 2.24) is 0 Å². The van der Waals surface area contributed by atoms with E-state index in [9.17, 15) is 4.39 Å². The van der Waals surface area contributed by atoms with Gasteiger partial charge in [-0.15, -0.1) is 0 Å². The van der Waals surface area contributed by atoms with E-state index in [0.717, 1.165) is 11.1 Å². The van der Waals surface area contributed by atoms with Gasteiger partial charge in [0.2, 0.25) is 0 Å². The Labute approximate surface area is 124 Å². The fraction of sp³-hybridized carbons (Fsp3) is 0.333. The third-order valence-electron chi connectivity index (χ3n) is 4.38. The van der Waals surface area contributed by atoms with Gasteiger partial charge in [-0.25, -0.2) is 4.39 Å². The molecule has 2 aromatic carbocycles. The smallest absolute Gasteiger partial charge is 0.165 e. The number of ether oxygens (including phenoxy) is 1. The molecule has 1 saturated carbocycles. The number of benzene rings is 2. The standard InChI is InChI=1S/C18H20FNO/c1-21-17-11-15(8-9-16(17)19)18(20)14-7-3-6-13(10-14)12-4-2-5-12/h3,6-12,18H,2,4-5,20H2,1H3. The van der Waals surface area contributed by atoms with Crippen molar-refractivity contribution in [2.45, 2.75) is 31.2 Å². The van der Waals surface area contributed by atoms with E-state index in [1.165, 1.54) is 38.0 Å². The van der Waals surface area contributed by atoms with E-state index in [-0.39, 0.29) is 17.6 Å². The molecule has 21 heavy (non-hydrogen) atoms. The van der Waals surface area contributed by atoms with Gasteiger partial charge in [0.05, 0.1) is 13.2 Å². The Morgan fingerprint density at radius 3 is 2.57 bits per heavy atom. The second kappa shape index (κ2) is 5.86. The van der Waals surface area contributed by atoms with E-state index in [1.807, 2.05) is 6.07 Å². The van der Waals surface area contributed by atoms with Crippen molar-refractivity contribution in [3.63, 3.8) is 0 Å². The molecule has 0 spiro atoms. The van der Waals surface area contributed by atoms with Crippen LogP contribution in [0.1, 0.15) is 47.9 Å². The molecule has 0 bridgehead atoms. The first-order valence-corrected chi connectivity index (χ1v) is 7.38. The van der Waals surface area contributed by atoms with Crippen LogP contribution in [0, 0.1) is 5.82 Å². The van der Waals surface area contributed by atoms with Crippen molar-refractivity contribution in [1.29, 1.82) is 0 Å². The Bertz CT molecular complexity index is 637. The van der Waals surface area contributed by atoms with Crippen LogP contribution in [0.4, 0.5) is 4.39 Å². The topological polar surface area (TPSA) is 35.2 Å². The summed E-state index contributed by atoms with van der Waals surface area (Å²) in [6.07, 6.45) is 3.85. The molecule has 0 radical (unpaired) electrons. The molecule has 0 amide bonds. The van der Waals surface area contributed by atoms with Crippen LogP contribution >= 0.6 is 0 Å². The van der Waals surface area contributed by atoms with Gasteiger partial charge in [-0.1, -0.05) is 36.8 Å². The first kappa shape index (κ1) is 14.1. The van der Waals surface area contributed by atoms with Crippen LogP contribution in [0.2, 0.25) is 0 Å². The molecule has 0 aromatic heterocycles. The third-order valence-corrected chi connectivity index (χ3v) is 4.38. The summed E-state index contributed by atoms with van der Waals surface area (Å²) in [5.41, 5.74) is 9.63. The maximum absolute atomic E-state index is 13.5. The second-order valence-electron chi connectivity index (χ2n) is 5.67. The first-order chi connectivity index (χ1) is 10.2. The fourth-order valence-electron chi connectivity index (χ4n) is 2.81. The fourth-order valence-corrected chi connectivity index (χ4v) is 2.81. The molecule has 0 saturated heterocycles. The van der Waals surface area contributed by atoms with Crippen molar-refractivity contribution in [2.24, 2.45) is 5.73 Å². The zero-order valence-electron chi connectivity index (χ0n) is 12.2. The van der Waals surface area contributed by atoms with Crippen molar-refractivity contribution in [3.05, 3.63) is 65.0 Å². The quantitative estimate of drug-likeness (QED) is 0.916. The number of nitrogens with two attached hydrogens (primary N) is 1. The van der Waals surface area contributed by atoms with Gasteiger partial charge < -0.3 is 10.5 Å². The Morgan fingerprint density at radius 1 is 1.14 bits per heavy atom. The largest absolute Gasteiger partial charge is 0.494 e. The second-order valence-corrected chi connectivity index (χ2v) is 5.67. The van der Waals surface area contributed by atoms with Crippen molar-refractivity contribution in [3.8, 4) is 5.75 Å². The van der Waals surface area contributed by atoms with E-state index in [0.29, 0.717) is 5.92 Å². The summed E-state index contributed by atoms with van der Waals surface area (Å²) < 4.78 is 18.5. The number of rotatable bonds is 4. The Kier molecular flexibility index (Phi) is 3.93. The number of halogens is 1. The average Bonchev–Trinajstić information content (AvgIpc) is 2.45. The van der Waals surface area contributed by atoms with Gasteiger partial charge in [0.15, 0.2) is 11.6 Å². The molecule has 1 unspecified atom stereocenters. The number of hydrogen-bond donors (Lipinski definition) is 1. The Morgan fingerprint density at radius 2 is 1.90 bits per heavy atom. The lowest BCUT2D eigenvalue weighted by Gasteiger charge is -2.26. The normalized spacial score (nSPS) is 16.3. The molecule has 3 heteroatoms. The van der Waals surface area contributed by atoms with Crippen LogP contribution in [0.25, 0.3) is 0 Å². The molecule has 2 aromatic rings.